The van der Waals surface area contributed by atoms with E-state index in [2.05, 4.69) is 7.05 Å². The second-order valence-corrected chi connectivity index (χ2v) is 7.88. The number of benzene rings is 2. The third-order valence-corrected chi connectivity index (χ3v) is 5.91. The van der Waals surface area contributed by atoms with E-state index in [1.165, 1.54) is 9.80 Å². The first-order valence-corrected chi connectivity index (χ1v) is 10.2. The second kappa shape index (κ2) is 8.38. The van der Waals surface area contributed by atoms with Gasteiger partial charge in [0.2, 0.25) is 0 Å². The summed E-state index contributed by atoms with van der Waals surface area (Å²) in [5.74, 6) is 1.31. The molecule has 3 aromatic rings. The van der Waals surface area contributed by atoms with Gasteiger partial charge < -0.3 is 28.8 Å². The maximum absolute atomic E-state index is 12.9. The topological polar surface area (TPSA) is 77.8 Å². The molecule has 7 heteroatoms. The number of nitrogens with one attached hydrogen (secondary N) is 2. The summed E-state index contributed by atoms with van der Waals surface area (Å²) in [6, 6.07) is 10.6. The molecule has 0 unspecified atom stereocenters. The number of phenols is 1. The molecule has 1 fully saturated rings. The van der Waals surface area contributed by atoms with Crippen LogP contribution in [0.3, 0.4) is 0 Å². The molecule has 0 amide bonds. The molecule has 158 valence electrons. The first-order valence-electron chi connectivity index (χ1n) is 10.2. The van der Waals surface area contributed by atoms with Gasteiger partial charge in [-0.25, -0.2) is 4.79 Å². The largest absolute Gasteiger partial charge is 0.507 e. The number of likely N-dealkylation sites (N-methyl/N-ethyl adjacent to an activating group) is 1. The van der Waals surface area contributed by atoms with Gasteiger partial charge in [-0.2, -0.15) is 0 Å². The van der Waals surface area contributed by atoms with Crippen LogP contribution < -0.4 is 24.9 Å². The Morgan fingerprint density at radius 1 is 1.00 bits per heavy atom. The van der Waals surface area contributed by atoms with Crippen LogP contribution in [0.15, 0.2) is 45.6 Å². The van der Waals surface area contributed by atoms with E-state index in [0.717, 1.165) is 31.6 Å². The second-order valence-electron chi connectivity index (χ2n) is 7.88. The lowest BCUT2D eigenvalue weighted by molar-refractivity contribution is -1.01. The van der Waals surface area contributed by atoms with Crippen LogP contribution >= 0.6 is 0 Å². The Bertz CT molecular complexity index is 1120. The SMILES string of the molecule is COc1ccc(-c2cc3ccc(O)c(C[NH+]4CC[NH+](C)CC4)c3oc2=O)cc1OC. The fraction of sp³-hybridized carbons (Fsp3) is 0.348. The van der Waals surface area contributed by atoms with Gasteiger partial charge >= 0.3 is 5.63 Å². The molecular formula is C23H28N2O5+2. The van der Waals surface area contributed by atoms with E-state index in [1.54, 1.807) is 44.6 Å². The molecule has 2 aromatic carbocycles. The van der Waals surface area contributed by atoms with Crippen molar-refractivity contribution in [2.75, 3.05) is 47.4 Å². The van der Waals surface area contributed by atoms with E-state index >= 15 is 0 Å². The van der Waals surface area contributed by atoms with E-state index in [0.29, 0.717) is 40.3 Å². The van der Waals surface area contributed by atoms with Gasteiger partial charge in [-0.15, -0.1) is 0 Å². The maximum atomic E-state index is 12.9. The number of rotatable bonds is 5. The lowest BCUT2D eigenvalue weighted by Crippen LogP contribution is -3.26. The molecule has 1 aliphatic rings. The van der Waals surface area contributed by atoms with Crippen molar-refractivity contribution >= 4 is 11.0 Å². The van der Waals surface area contributed by atoms with Gasteiger partial charge in [-0.3, -0.25) is 0 Å². The van der Waals surface area contributed by atoms with E-state index in [9.17, 15) is 9.90 Å². The summed E-state index contributed by atoms with van der Waals surface area (Å²) < 4.78 is 16.4. The molecule has 0 aliphatic carbocycles. The zero-order valence-corrected chi connectivity index (χ0v) is 17.6. The number of phenolic OH excluding ortho intramolecular Hbond substituents is 1. The highest BCUT2D eigenvalue weighted by Crippen LogP contribution is 2.33. The lowest BCUT2D eigenvalue weighted by atomic mass is 10.0. The molecule has 1 aromatic heterocycles. The third kappa shape index (κ3) is 3.86. The van der Waals surface area contributed by atoms with Crippen molar-refractivity contribution in [1.29, 1.82) is 0 Å². The van der Waals surface area contributed by atoms with Crippen molar-refractivity contribution in [3.05, 3.63) is 52.4 Å². The molecule has 0 atom stereocenters. The quantitative estimate of drug-likeness (QED) is 0.518. The van der Waals surface area contributed by atoms with Crippen LogP contribution in [0.25, 0.3) is 22.1 Å². The molecule has 4 rings (SSSR count). The van der Waals surface area contributed by atoms with Gasteiger partial charge in [0.05, 0.1) is 32.4 Å². The molecule has 30 heavy (non-hydrogen) atoms. The highest BCUT2D eigenvalue weighted by Gasteiger charge is 2.24. The number of fused-ring (bicyclic) bond motifs is 1. The monoisotopic (exact) mass is 412 g/mol. The predicted octanol–water partition coefficient (Wildman–Crippen LogP) is 0.0960. The van der Waals surface area contributed by atoms with Gasteiger partial charge in [0.25, 0.3) is 0 Å². The molecule has 0 saturated carbocycles. The molecule has 1 aliphatic heterocycles. The fourth-order valence-corrected chi connectivity index (χ4v) is 4.06. The van der Waals surface area contributed by atoms with Crippen molar-refractivity contribution in [3.8, 4) is 28.4 Å². The average molecular weight is 412 g/mol. The van der Waals surface area contributed by atoms with E-state index in [1.807, 2.05) is 6.07 Å². The molecule has 1 saturated heterocycles. The van der Waals surface area contributed by atoms with Gasteiger partial charge in [0.1, 0.15) is 38.5 Å². The van der Waals surface area contributed by atoms with Crippen LogP contribution in [-0.2, 0) is 6.54 Å². The minimum atomic E-state index is -0.445. The van der Waals surface area contributed by atoms with E-state index in [4.69, 9.17) is 13.9 Å². The third-order valence-electron chi connectivity index (χ3n) is 5.91. The number of ether oxygens (including phenoxy) is 2. The number of methoxy groups -OCH3 is 2. The zero-order chi connectivity index (χ0) is 21.3. The summed E-state index contributed by atoms with van der Waals surface area (Å²) in [4.78, 5) is 15.8. The van der Waals surface area contributed by atoms with Crippen LogP contribution in [0.2, 0.25) is 0 Å². The van der Waals surface area contributed by atoms with Gasteiger partial charge in [0, 0.05) is 5.39 Å². The molecule has 2 heterocycles. The smallest absolute Gasteiger partial charge is 0.344 e. The molecule has 3 N–H and O–H groups in total. The van der Waals surface area contributed by atoms with E-state index in [-0.39, 0.29) is 5.75 Å². The van der Waals surface area contributed by atoms with Crippen LogP contribution in [0.1, 0.15) is 5.56 Å². The zero-order valence-electron chi connectivity index (χ0n) is 17.6. The van der Waals surface area contributed by atoms with Crippen LogP contribution in [0.4, 0.5) is 0 Å². The predicted molar refractivity (Wildman–Crippen MR) is 114 cm³/mol. The van der Waals surface area contributed by atoms with Gasteiger partial charge in [0.15, 0.2) is 17.1 Å². The van der Waals surface area contributed by atoms with E-state index < -0.39 is 5.63 Å². The number of hydrogen-bond acceptors (Lipinski definition) is 5. The van der Waals surface area contributed by atoms with Crippen LogP contribution in [-0.4, -0.2) is 52.6 Å². The summed E-state index contributed by atoms with van der Waals surface area (Å²) in [5.41, 5.74) is 1.83. The number of aromatic hydroxyl groups is 1. The number of hydrogen-bond donors (Lipinski definition) is 3. The Morgan fingerprint density at radius 2 is 1.73 bits per heavy atom. The highest BCUT2D eigenvalue weighted by atomic mass is 16.5. The van der Waals surface area contributed by atoms with Crippen molar-refractivity contribution in [3.63, 3.8) is 0 Å². The maximum Gasteiger partial charge on any atom is 0.344 e. The Labute approximate surface area is 175 Å². The minimum absolute atomic E-state index is 0.170. The lowest BCUT2D eigenvalue weighted by Gasteiger charge is -2.27. The summed E-state index contributed by atoms with van der Waals surface area (Å²) in [6.45, 7) is 4.86. The van der Waals surface area contributed by atoms with Crippen molar-refractivity contribution < 1.29 is 28.8 Å². The Balaban J connectivity index is 1.75. The number of quaternary nitrogens is 2. The fourth-order valence-electron chi connectivity index (χ4n) is 4.06. The Hall–Kier alpha value is -3.03. The van der Waals surface area contributed by atoms with Gasteiger partial charge in [-0.1, -0.05) is 6.07 Å². The van der Waals surface area contributed by atoms with Crippen molar-refractivity contribution in [2.24, 2.45) is 0 Å². The van der Waals surface area contributed by atoms with Crippen molar-refractivity contribution in [2.45, 2.75) is 6.54 Å². The minimum Gasteiger partial charge on any atom is -0.507 e. The molecular weight excluding hydrogens is 384 g/mol. The molecule has 0 radical (unpaired) electrons. The standard InChI is InChI=1S/C23H26N2O5/c1-24-8-10-25(11-9-24)14-18-19(26)6-4-16-12-17(23(27)30-22(16)18)15-5-7-20(28-2)21(13-15)29-3/h4-7,12-13,26H,8-11,14H2,1-3H3/p+2. The molecule has 0 bridgehead atoms. The first-order chi connectivity index (χ1) is 14.5. The highest BCUT2D eigenvalue weighted by molar-refractivity contribution is 5.86. The summed E-state index contributed by atoms with van der Waals surface area (Å²) in [6.07, 6.45) is 0. The Kier molecular flexibility index (Phi) is 5.65. The van der Waals surface area contributed by atoms with Crippen LogP contribution in [0.5, 0.6) is 17.2 Å². The van der Waals surface area contributed by atoms with Gasteiger partial charge in [-0.05, 0) is 35.9 Å². The summed E-state index contributed by atoms with van der Waals surface area (Å²) >= 11 is 0. The Morgan fingerprint density at radius 3 is 2.43 bits per heavy atom. The number of piperazine rings is 1. The molecule has 7 nitrogen and oxygen atoms in total. The molecule has 0 spiro atoms. The normalized spacial score (nSPS) is 19.0. The van der Waals surface area contributed by atoms with Crippen molar-refractivity contribution in [1.82, 2.24) is 0 Å². The first kappa shape index (κ1) is 20.3. The summed E-state index contributed by atoms with van der Waals surface area (Å²) in [5, 5.41) is 11.3. The average Bonchev–Trinajstić information content (AvgIpc) is 2.76. The summed E-state index contributed by atoms with van der Waals surface area (Å²) in [7, 11) is 5.32. The van der Waals surface area contributed by atoms with Crippen LogP contribution in [0, 0.1) is 0 Å².